The van der Waals surface area contributed by atoms with Gasteiger partial charge in [-0.25, -0.2) is 0 Å². The van der Waals surface area contributed by atoms with E-state index in [1.54, 1.807) is 0 Å². The van der Waals surface area contributed by atoms with Crippen LogP contribution in [0.15, 0.2) is 48.0 Å². The maximum Gasteiger partial charge on any atom is 0.193 e. The summed E-state index contributed by atoms with van der Waals surface area (Å²) in [6.45, 7) is 8.14. The van der Waals surface area contributed by atoms with E-state index in [0.717, 1.165) is 37.5 Å². The summed E-state index contributed by atoms with van der Waals surface area (Å²) in [5.74, 6) is 2.07. The Hall–Kier alpha value is -1.62. The number of guanidine groups is 1. The van der Waals surface area contributed by atoms with Gasteiger partial charge in [-0.3, -0.25) is 9.20 Å². The van der Waals surface area contributed by atoms with Crippen molar-refractivity contribution >= 4 is 16.8 Å². The first-order chi connectivity index (χ1) is 11.2. The van der Waals surface area contributed by atoms with Gasteiger partial charge in [0.2, 0.25) is 0 Å². The van der Waals surface area contributed by atoms with E-state index in [-0.39, 0.29) is 0 Å². The van der Waals surface area contributed by atoms with Gasteiger partial charge in [0.25, 0.3) is 0 Å². The van der Waals surface area contributed by atoms with Crippen molar-refractivity contribution < 1.29 is 4.21 Å². The van der Waals surface area contributed by atoms with Crippen molar-refractivity contribution in [2.24, 2.45) is 4.99 Å². The minimum atomic E-state index is -0.878. The lowest BCUT2D eigenvalue weighted by atomic mass is 10.2. The number of hydrogen-bond donors (Lipinski definition) is 1. The number of nitrogens with zero attached hydrogens (tertiary/aromatic N) is 2. The summed E-state index contributed by atoms with van der Waals surface area (Å²) in [5.41, 5.74) is 1.11. The maximum absolute atomic E-state index is 12.1. The average molecular weight is 336 g/mol. The highest BCUT2D eigenvalue weighted by atomic mass is 32.2. The van der Waals surface area contributed by atoms with E-state index in [1.165, 1.54) is 0 Å². The predicted octanol–water partition coefficient (Wildman–Crippen LogP) is 2.80. The van der Waals surface area contributed by atoms with E-state index in [1.807, 2.05) is 43.5 Å². The molecule has 23 heavy (non-hydrogen) atoms. The second-order valence-electron chi connectivity index (χ2n) is 5.36. The number of rotatable bonds is 10. The molecule has 0 bridgehead atoms. The zero-order valence-corrected chi connectivity index (χ0v) is 15.1. The quantitative estimate of drug-likeness (QED) is 0.309. The normalized spacial score (nSPS) is 12.7. The van der Waals surface area contributed by atoms with E-state index in [2.05, 4.69) is 28.7 Å². The highest BCUT2D eigenvalue weighted by Crippen LogP contribution is 2.03. The minimum Gasteiger partial charge on any atom is -0.357 e. The molecule has 0 aromatic heterocycles. The van der Waals surface area contributed by atoms with Gasteiger partial charge in [-0.2, -0.15) is 0 Å². The van der Waals surface area contributed by atoms with E-state index in [0.29, 0.717) is 18.1 Å². The van der Waals surface area contributed by atoms with Crippen LogP contribution in [0.4, 0.5) is 0 Å². The zero-order chi connectivity index (χ0) is 16.9. The van der Waals surface area contributed by atoms with Gasteiger partial charge in [0, 0.05) is 42.4 Å². The van der Waals surface area contributed by atoms with Crippen molar-refractivity contribution in [1.82, 2.24) is 10.2 Å². The van der Waals surface area contributed by atoms with Gasteiger partial charge < -0.3 is 10.2 Å². The first-order valence-electron chi connectivity index (χ1n) is 8.16. The van der Waals surface area contributed by atoms with Crippen LogP contribution in [-0.4, -0.2) is 47.5 Å². The number of unbranched alkanes of at least 4 members (excludes halogenated alkanes) is 1. The molecule has 1 rings (SSSR count). The van der Waals surface area contributed by atoms with Gasteiger partial charge >= 0.3 is 0 Å². The summed E-state index contributed by atoms with van der Waals surface area (Å²) in [7, 11) is 1.16. The molecule has 1 unspecified atom stereocenters. The average Bonchev–Trinajstić information content (AvgIpc) is 2.55. The minimum absolute atomic E-state index is 0.577. The summed E-state index contributed by atoms with van der Waals surface area (Å²) < 4.78 is 12.1. The molecule has 1 N–H and O–H groups in total. The SMILES string of the molecule is C=CCCCN(C)C(=NCCS(=O)Cc1ccccc1)NCC. The second-order valence-corrected chi connectivity index (χ2v) is 6.94. The Kier molecular flexibility index (Phi) is 10.0. The molecule has 0 heterocycles. The van der Waals surface area contributed by atoms with Gasteiger partial charge in [-0.15, -0.1) is 6.58 Å². The highest BCUT2D eigenvalue weighted by Gasteiger charge is 2.06. The Morgan fingerprint density at radius 3 is 2.78 bits per heavy atom. The Balaban J connectivity index is 2.43. The predicted molar refractivity (Wildman–Crippen MR) is 101 cm³/mol. The summed E-state index contributed by atoms with van der Waals surface area (Å²) in [6, 6.07) is 9.96. The lowest BCUT2D eigenvalue weighted by Gasteiger charge is -2.21. The lowest BCUT2D eigenvalue weighted by Crippen LogP contribution is -2.39. The molecule has 4 nitrogen and oxygen atoms in total. The Morgan fingerprint density at radius 1 is 1.39 bits per heavy atom. The van der Waals surface area contributed by atoms with Crippen molar-refractivity contribution in [1.29, 1.82) is 0 Å². The molecule has 0 aliphatic heterocycles. The molecule has 1 aromatic rings. The molecular formula is C18H29N3OS. The van der Waals surface area contributed by atoms with E-state index < -0.39 is 10.8 Å². The van der Waals surface area contributed by atoms with E-state index in [9.17, 15) is 4.21 Å². The van der Waals surface area contributed by atoms with Crippen LogP contribution < -0.4 is 5.32 Å². The van der Waals surface area contributed by atoms with E-state index >= 15 is 0 Å². The molecule has 128 valence electrons. The second kappa shape index (κ2) is 11.9. The van der Waals surface area contributed by atoms with E-state index in [4.69, 9.17) is 0 Å². The number of allylic oxidation sites excluding steroid dienone is 1. The van der Waals surface area contributed by atoms with Crippen LogP contribution in [0.1, 0.15) is 25.3 Å². The molecule has 0 amide bonds. The molecule has 5 heteroatoms. The first kappa shape index (κ1) is 19.4. The third-order valence-corrected chi connectivity index (χ3v) is 4.64. The van der Waals surface area contributed by atoms with Crippen molar-refractivity contribution in [3.63, 3.8) is 0 Å². The van der Waals surface area contributed by atoms with Crippen molar-refractivity contribution in [3.05, 3.63) is 48.6 Å². The summed E-state index contributed by atoms with van der Waals surface area (Å²) in [5, 5.41) is 3.28. The van der Waals surface area contributed by atoms with Crippen LogP contribution in [0.5, 0.6) is 0 Å². The largest absolute Gasteiger partial charge is 0.357 e. The van der Waals surface area contributed by atoms with Gasteiger partial charge in [0.1, 0.15) is 0 Å². The fourth-order valence-electron chi connectivity index (χ4n) is 2.13. The Bertz CT molecular complexity index is 502. The molecule has 0 aliphatic carbocycles. The molecule has 0 fully saturated rings. The molecule has 0 spiro atoms. The van der Waals surface area contributed by atoms with Gasteiger partial charge in [-0.1, -0.05) is 36.4 Å². The third-order valence-electron chi connectivity index (χ3n) is 3.35. The fraction of sp³-hybridized carbons (Fsp3) is 0.500. The topological polar surface area (TPSA) is 44.7 Å². The first-order valence-corrected chi connectivity index (χ1v) is 9.65. The van der Waals surface area contributed by atoms with Crippen LogP contribution >= 0.6 is 0 Å². The highest BCUT2D eigenvalue weighted by molar-refractivity contribution is 7.84. The number of hydrogen-bond acceptors (Lipinski definition) is 2. The van der Waals surface area contributed by atoms with Crippen LogP contribution in [-0.2, 0) is 16.6 Å². The van der Waals surface area contributed by atoms with Crippen LogP contribution in [0.2, 0.25) is 0 Å². The monoisotopic (exact) mass is 335 g/mol. The molecule has 1 aromatic carbocycles. The van der Waals surface area contributed by atoms with Crippen molar-refractivity contribution in [2.75, 3.05) is 32.4 Å². The lowest BCUT2D eigenvalue weighted by molar-refractivity contribution is 0.470. The van der Waals surface area contributed by atoms with Crippen LogP contribution in [0, 0.1) is 0 Å². The number of benzene rings is 1. The van der Waals surface area contributed by atoms with Gasteiger partial charge in [-0.05, 0) is 25.3 Å². The maximum atomic E-state index is 12.1. The fourth-order valence-corrected chi connectivity index (χ4v) is 3.14. The Labute approximate surface area is 143 Å². The number of aliphatic imine (C=N–C) groups is 1. The van der Waals surface area contributed by atoms with Crippen molar-refractivity contribution in [2.45, 2.75) is 25.5 Å². The summed E-state index contributed by atoms with van der Waals surface area (Å²) >= 11 is 0. The number of nitrogens with one attached hydrogen (secondary N) is 1. The summed E-state index contributed by atoms with van der Waals surface area (Å²) in [4.78, 5) is 6.70. The third kappa shape index (κ3) is 8.55. The van der Waals surface area contributed by atoms with Crippen molar-refractivity contribution in [3.8, 4) is 0 Å². The molecule has 1 atom stereocenters. The van der Waals surface area contributed by atoms with Crippen LogP contribution in [0.25, 0.3) is 0 Å². The summed E-state index contributed by atoms with van der Waals surface area (Å²) in [6.07, 6.45) is 4.00. The molecule has 0 saturated heterocycles. The Morgan fingerprint density at radius 2 is 2.13 bits per heavy atom. The standard InChI is InChI=1S/C18H29N3OS/c1-4-6-10-14-21(3)18(19-5-2)20-13-15-23(22)16-17-11-8-7-9-12-17/h4,7-9,11-12H,1,5-6,10,13-16H2,2-3H3,(H,19,20). The molecular weight excluding hydrogens is 306 g/mol. The molecule has 0 aliphatic rings. The van der Waals surface area contributed by atoms with Gasteiger partial charge in [0.15, 0.2) is 5.96 Å². The molecule has 0 radical (unpaired) electrons. The smallest absolute Gasteiger partial charge is 0.193 e. The van der Waals surface area contributed by atoms with Gasteiger partial charge in [0.05, 0.1) is 6.54 Å². The van der Waals surface area contributed by atoms with Crippen LogP contribution in [0.3, 0.4) is 0 Å². The zero-order valence-electron chi connectivity index (χ0n) is 14.3. The molecule has 0 saturated carbocycles.